The van der Waals surface area contributed by atoms with Gasteiger partial charge in [0, 0.05) is 72.2 Å². The molecule has 450 valence electrons. The number of hydrogen-bond donors (Lipinski definition) is 2. The quantitative estimate of drug-likeness (QED) is 0.153. The molecule has 81 heavy (non-hydrogen) atoms. The van der Waals surface area contributed by atoms with E-state index in [1.807, 2.05) is 64.4 Å². The van der Waals surface area contributed by atoms with E-state index < -0.39 is 0 Å². The predicted octanol–water partition coefficient (Wildman–Crippen LogP) is 21.4. The van der Waals surface area contributed by atoms with Crippen LogP contribution in [-0.4, -0.2) is 40.7 Å². The van der Waals surface area contributed by atoms with Crippen molar-refractivity contribution in [2.75, 3.05) is 0 Å². The SMILES string of the molecule is CC(C)(C)c1cccs1.CC(C)(C)c1cccs1.CC(C)(C)c1ccn[nH]1.CC(C)(C)c1ccon1.CC(C)(C)c1ccsc1.CC(C)(C)c1cn[nH]c1.CC(C)(C)c1cncs1.CC(C)(C)c1cnoc1.CC(C)(C)c1cscn1. The summed E-state index contributed by atoms with van der Waals surface area (Å²) >= 11 is 8.80. The minimum Gasteiger partial charge on any atom is -0.364 e. The summed E-state index contributed by atoms with van der Waals surface area (Å²) in [5.41, 5.74) is 13.2. The van der Waals surface area contributed by atoms with Gasteiger partial charge in [0.05, 0.1) is 34.8 Å². The van der Waals surface area contributed by atoms with Crippen molar-refractivity contribution in [3.05, 3.63) is 172 Å². The highest BCUT2D eigenvalue weighted by Gasteiger charge is 2.19. The number of hydrogen-bond acceptors (Lipinski definition) is 13. The van der Waals surface area contributed by atoms with Crippen molar-refractivity contribution in [1.82, 2.24) is 40.7 Å². The number of nitrogens with one attached hydrogen (secondary N) is 2. The standard InChI is InChI=1S/3C8H12S.2C7H12N2.2C7H11NO.2C7H11NS/c1-8(2,3)7-4-5-9-6-7;2*1-8(2,3)7-5-4-6-9-7;1-7(2,3)6-4-8-9-5-6;1-7(2,3)6-4-5-8-9-6;1-7(2,3)6-4-8-9-5-6;1-7(2,3)6-4-5-9-8-6;1-7(2,3)6-4-9-5-8-6;1-7(2,3)6-4-8-5-9-6/h3*4-6H,1-3H3;2*4-5H,1-3H3,(H,8,9);4*4-5H,1-3H3. The Morgan fingerprint density at radius 3 is 1.16 bits per heavy atom. The Hall–Kier alpha value is -4.80. The van der Waals surface area contributed by atoms with Crippen LogP contribution in [0.4, 0.5) is 0 Å². The van der Waals surface area contributed by atoms with Crippen molar-refractivity contribution < 1.29 is 9.05 Å². The third kappa shape index (κ3) is 32.0. The average molecular weight is 1200 g/mol. The van der Waals surface area contributed by atoms with Crippen LogP contribution in [0.15, 0.2) is 133 Å². The van der Waals surface area contributed by atoms with Crippen molar-refractivity contribution in [2.24, 2.45) is 0 Å². The van der Waals surface area contributed by atoms with Crippen molar-refractivity contribution in [3.8, 4) is 0 Å². The van der Waals surface area contributed by atoms with Crippen LogP contribution in [0.3, 0.4) is 0 Å². The van der Waals surface area contributed by atoms with Gasteiger partial charge in [-0.15, -0.1) is 45.3 Å². The average Bonchev–Trinajstić information content (AvgIpc) is 4.21. The summed E-state index contributed by atoms with van der Waals surface area (Å²) in [7, 11) is 0. The molecule has 0 aromatic carbocycles. The van der Waals surface area contributed by atoms with Crippen LogP contribution in [-0.2, 0) is 48.7 Å². The van der Waals surface area contributed by atoms with Crippen LogP contribution in [0.1, 0.15) is 235 Å². The molecule has 0 unspecified atom stereocenters. The number of rotatable bonds is 0. The summed E-state index contributed by atoms with van der Waals surface area (Å²) in [5.74, 6) is 0. The lowest BCUT2D eigenvalue weighted by Gasteiger charge is -2.15. The van der Waals surface area contributed by atoms with Crippen LogP contribution in [0.25, 0.3) is 0 Å². The molecule has 0 aliphatic carbocycles. The lowest BCUT2D eigenvalue weighted by Crippen LogP contribution is -2.11. The molecule has 9 aromatic heterocycles. The number of nitrogens with zero attached hydrogens (tertiary/aromatic N) is 6. The molecule has 0 atom stereocenters. The highest BCUT2D eigenvalue weighted by atomic mass is 32.1. The van der Waals surface area contributed by atoms with Gasteiger partial charge in [0.2, 0.25) is 0 Å². The van der Waals surface area contributed by atoms with Crippen LogP contribution < -0.4 is 0 Å². The molecular formula is C66H104N8O2S5. The fourth-order valence-electron chi connectivity index (χ4n) is 5.78. The summed E-state index contributed by atoms with van der Waals surface area (Å²) < 4.78 is 9.38. The molecule has 15 heteroatoms. The van der Waals surface area contributed by atoms with Crippen LogP contribution in [0.2, 0.25) is 0 Å². The van der Waals surface area contributed by atoms with Crippen molar-refractivity contribution in [1.29, 1.82) is 0 Å². The third-order valence-corrected chi connectivity index (χ3v) is 16.5. The molecule has 0 aliphatic heterocycles. The van der Waals surface area contributed by atoms with E-state index >= 15 is 0 Å². The third-order valence-electron chi connectivity index (χ3n) is 11.5. The van der Waals surface area contributed by atoms with E-state index in [0.29, 0.717) is 16.2 Å². The molecule has 0 fully saturated rings. The van der Waals surface area contributed by atoms with E-state index in [-0.39, 0.29) is 32.5 Å². The van der Waals surface area contributed by atoms with Crippen molar-refractivity contribution >= 4 is 56.7 Å². The van der Waals surface area contributed by atoms with E-state index in [4.69, 9.17) is 9.05 Å². The van der Waals surface area contributed by atoms with Gasteiger partial charge in [-0.05, 0) is 89.4 Å². The van der Waals surface area contributed by atoms with Gasteiger partial charge in [0.25, 0.3) is 0 Å². The van der Waals surface area contributed by atoms with Gasteiger partial charge in [-0.25, -0.2) is 4.98 Å². The second kappa shape index (κ2) is 32.9. The van der Waals surface area contributed by atoms with Crippen molar-refractivity contribution in [3.63, 3.8) is 0 Å². The number of aromatic nitrogens is 8. The molecule has 0 bridgehead atoms. The first-order valence-corrected chi connectivity index (χ1v) is 32.2. The normalized spacial score (nSPS) is 11.9. The molecule has 9 heterocycles. The highest BCUT2D eigenvalue weighted by Crippen LogP contribution is 2.29. The number of aromatic amines is 2. The lowest BCUT2D eigenvalue weighted by atomic mass is 9.90. The smallest absolute Gasteiger partial charge is 0.127 e. The second-order valence-corrected chi connectivity index (χ2v) is 33.0. The molecule has 2 N–H and O–H groups in total. The molecule has 0 saturated heterocycles. The van der Waals surface area contributed by atoms with Crippen LogP contribution in [0, 0.1) is 0 Å². The highest BCUT2D eigenvalue weighted by molar-refractivity contribution is 7.10. The Morgan fingerprint density at radius 1 is 0.420 bits per heavy atom. The molecule has 0 saturated carbocycles. The Balaban J connectivity index is 0.000000456. The summed E-state index contributed by atoms with van der Waals surface area (Å²) in [5, 5.41) is 31.5. The maximum absolute atomic E-state index is 4.69. The van der Waals surface area contributed by atoms with Gasteiger partial charge in [0.1, 0.15) is 12.5 Å². The summed E-state index contributed by atoms with van der Waals surface area (Å²) in [6, 6.07) is 14.6. The largest absolute Gasteiger partial charge is 0.364 e. The summed E-state index contributed by atoms with van der Waals surface area (Å²) in [6.07, 6.45) is 12.5. The van der Waals surface area contributed by atoms with Gasteiger partial charge in [-0.2, -0.15) is 21.5 Å². The van der Waals surface area contributed by atoms with Gasteiger partial charge < -0.3 is 9.05 Å². The first kappa shape index (κ1) is 74.2. The van der Waals surface area contributed by atoms with Gasteiger partial charge >= 0.3 is 0 Å². The number of H-pyrrole nitrogens is 2. The Labute approximate surface area is 510 Å². The second-order valence-electron chi connectivity index (χ2n) is 28.7. The fraction of sp³-hybridized carbons (Fsp3) is 0.545. The maximum Gasteiger partial charge on any atom is 0.127 e. The van der Waals surface area contributed by atoms with Gasteiger partial charge in [-0.3, -0.25) is 15.2 Å². The molecule has 0 radical (unpaired) electrons. The predicted molar refractivity (Wildman–Crippen MR) is 356 cm³/mol. The number of thiazole rings is 2. The molecule has 0 spiro atoms. The maximum atomic E-state index is 4.69. The molecule has 10 nitrogen and oxygen atoms in total. The van der Waals surface area contributed by atoms with Crippen LogP contribution in [0.5, 0.6) is 0 Å². The topological polar surface area (TPSA) is 135 Å². The van der Waals surface area contributed by atoms with Crippen LogP contribution >= 0.6 is 56.7 Å². The zero-order valence-corrected chi connectivity index (χ0v) is 58.7. The zero-order valence-electron chi connectivity index (χ0n) is 54.7. The lowest BCUT2D eigenvalue weighted by molar-refractivity contribution is 0.393. The molecule has 0 aliphatic rings. The van der Waals surface area contributed by atoms with Gasteiger partial charge in [0.15, 0.2) is 0 Å². The van der Waals surface area contributed by atoms with E-state index in [0.717, 1.165) is 11.3 Å². The monoisotopic (exact) mass is 1200 g/mol. The van der Waals surface area contributed by atoms with Crippen molar-refractivity contribution in [2.45, 2.75) is 236 Å². The zero-order chi connectivity index (χ0) is 62.2. The molecule has 9 aromatic rings. The minimum atomic E-state index is 0.118. The van der Waals surface area contributed by atoms with E-state index in [1.165, 1.54) is 37.1 Å². The number of thiophene rings is 3. The van der Waals surface area contributed by atoms with E-state index in [9.17, 15) is 0 Å². The molecule has 9 rings (SSSR count). The van der Waals surface area contributed by atoms with Gasteiger partial charge in [-0.1, -0.05) is 209 Å². The van der Waals surface area contributed by atoms with E-state index in [2.05, 4.69) is 285 Å². The first-order chi connectivity index (χ1) is 36.9. The molecule has 0 amide bonds. The minimum absolute atomic E-state index is 0.118. The molecular weight excluding hydrogens is 1100 g/mol. The summed E-state index contributed by atoms with van der Waals surface area (Å²) in [6.45, 7) is 58.8. The fourth-order valence-corrected chi connectivity index (χ4v) is 9.78. The Bertz CT molecular complexity index is 2170. The van der Waals surface area contributed by atoms with E-state index in [1.54, 1.807) is 58.9 Å². The Morgan fingerprint density at radius 2 is 0.963 bits per heavy atom. The Kier molecular flexibility index (Phi) is 30.1. The first-order valence-electron chi connectivity index (χ1n) is 27.6. The summed E-state index contributed by atoms with van der Waals surface area (Å²) in [4.78, 5) is 12.5.